The van der Waals surface area contributed by atoms with Crippen molar-refractivity contribution in [2.24, 2.45) is 0 Å². The summed E-state index contributed by atoms with van der Waals surface area (Å²) in [6, 6.07) is 6.45. The van der Waals surface area contributed by atoms with E-state index in [9.17, 15) is 4.39 Å². The maximum absolute atomic E-state index is 12.9. The number of aromatic nitrogens is 1. The fraction of sp³-hybridized carbons (Fsp3) is 0.154. The molecular weight excluding hydrogens is 217 g/mol. The summed E-state index contributed by atoms with van der Waals surface area (Å²) in [7, 11) is 0. The predicted molar refractivity (Wildman–Crippen MR) is 67.8 cm³/mol. The van der Waals surface area contributed by atoms with Gasteiger partial charge >= 0.3 is 0 Å². The molecule has 3 N–H and O–H groups in total. The molecule has 0 amide bonds. The van der Waals surface area contributed by atoms with Crippen molar-refractivity contribution in [2.45, 2.75) is 13.8 Å². The largest absolute Gasteiger partial charge is 0.397 e. The van der Waals surface area contributed by atoms with Crippen LogP contribution >= 0.6 is 0 Å². The summed E-state index contributed by atoms with van der Waals surface area (Å²) in [4.78, 5) is 4.17. The zero-order valence-electron chi connectivity index (χ0n) is 9.79. The molecule has 2 rings (SSSR count). The molecule has 0 saturated carbocycles. The molecule has 3 nitrogen and oxygen atoms in total. The Hall–Kier alpha value is -2.10. The van der Waals surface area contributed by atoms with Crippen molar-refractivity contribution in [3.05, 3.63) is 47.4 Å². The summed E-state index contributed by atoms with van der Waals surface area (Å²) in [6.07, 6.45) is 1.61. The van der Waals surface area contributed by atoms with Crippen LogP contribution < -0.4 is 11.1 Å². The molecule has 4 heteroatoms. The number of aryl methyl sites for hydroxylation is 2. The number of anilines is 3. The molecule has 1 aromatic heterocycles. The van der Waals surface area contributed by atoms with Crippen molar-refractivity contribution in [3.63, 3.8) is 0 Å². The molecule has 0 radical (unpaired) electrons. The first-order valence-corrected chi connectivity index (χ1v) is 5.31. The van der Waals surface area contributed by atoms with Crippen molar-refractivity contribution in [1.29, 1.82) is 0 Å². The molecule has 0 atom stereocenters. The van der Waals surface area contributed by atoms with E-state index in [-0.39, 0.29) is 5.82 Å². The fourth-order valence-corrected chi connectivity index (χ4v) is 1.54. The van der Waals surface area contributed by atoms with Crippen LogP contribution in [0, 0.1) is 19.7 Å². The van der Waals surface area contributed by atoms with Gasteiger partial charge in [0.2, 0.25) is 0 Å². The van der Waals surface area contributed by atoms with Gasteiger partial charge in [0.25, 0.3) is 0 Å². The molecule has 0 aliphatic heterocycles. The number of nitrogen functional groups attached to an aromatic ring is 1. The molecule has 0 saturated heterocycles. The van der Waals surface area contributed by atoms with Crippen molar-refractivity contribution in [1.82, 2.24) is 4.98 Å². The van der Waals surface area contributed by atoms with Gasteiger partial charge < -0.3 is 11.1 Å². The Morgan fingerprint density at radius 3 is 2.59 bits per heavy atom. The molecule has 0 aliphatic rings. The summed E-state index contributed by atoms with van der Waals surface area (Å²) in [5.41, 5.74) is 8.98. The molecule has 17 heavy (non-hydrogen) atoms. The molecule has 1 heterocycles. The highest BCUT2D eigenvalue weighted by atomic mass is 19.1. The number of nitrogens with zero attached hydrogens (tertiary/aromatic N) is 1. The first-order valence-electron chi connectivity index (χ1n) is 5.31. The average molecular weight is 231 g/mol. The van der Waals surface area contributed by atoms with Gasteiger partial charge in [-0.3, -0.25) is 0 Å². The van der Waals surface area contributed by atoms with Gasteiger partial charge in [0, 0.05) is 5.69 Å². The lowest BCUT2D eigenvalue weighted by atomic mass is 10.2. The molecular formula is C13H14FN3. The van der Waals surface area contributed by atoms with Crippen LogP contribution in [0.5, 0.6) is 0 Å². The van der Waals surface area contributed by atoms with Crippen LogP contribution in [-0.2, 0) is 0 Å². The molecule has 1 aromatic carbocycles. The minimum Gasteiger partial charge on any atom is -0.397 e. The van der Waals surface area contributed by atoms with Crippen LogP contribution in [0.3, 0.4) is 0 Å². The SMILES string of the molecule is Cc1cc(Nc2ccc(F)cc2C)ncc1N. The second-order valence-corrected chi connectivity index (χ2v) is 4.01. The van der Waals surface area contributed by atoms with Gasteiger partial charge in [-0.15, -0.1) is 0 Å². The smallest absolute Gasteiger partial charge is 0.130 e. The summed E-state index contributed by atoms with van der Waals surface area (Å²) in [5.74, 6) is 0.459. The van der Waals surface area contributed by atoms with Gasteiger partial charge in [-0.25, -0.2) is 9.37 Å². The van der Waals surface area contributed by atoms with Crippen LogP contribution in [0.4, 0.5) is 21.6 Å². The first kappa shape index (κ1) is 11.4. The Labute approximate surface area is 99.5 Å². The van der Waals surface area contributed by atoms with E-state index in [0.717, 1.165) is 16.8 Å². The molecule has 0 bridgehead atoms. The number of hydrogen-bond acceptors (Lipinski definition) is 3. The lowest BCUT2D eigenvalue weighted by Gasteiger charge is -2.10. The van der Waals surface area contributed by atoms with Crippen LogP contribution in [0.25, 0.3) is 0 Å². The highest BCUT2D eigenvalue weighted by Gasteiger charge is 2.02. The quantitative estimate of drug-likeness (QED) is 0.834. The summed E-state index contributed by atoms with van der Waals surface area (Å²) < 4.78 is 12.9. The fourth-order valence-electron chi connectivity index (χ4n) is 1.54. The summed E-state index contributed by atoms with van der Waals surface area (Å²) in [5, 5.41) is 3.13. The number of hydrogen-bond donors (Lipinski definition) is 2. The topological polar surface area (TPSA) is 50.9 Å². The minimum absolute atomic E-state index is 0.241. The van der Waals surface area contributed by atoms with E-state index in [4.69, 9.17) is 5.73 Å². The van der Waals surface area contributed by atoms with Crippen LogP contribution in [0.2, 0.25) is 0 Å². The Balaban J connectivity index is 2.28. The molecule has 0 spiro atoms. The standard InChI is InChI=1S/C13H14FN3/c1-8-6-13(16-7-11(8)15)17-12-4-3-10(14)5-9(12)2/h3-7H,15H2,1-2H3,(H,16,17). The number of nitrogens with two attached hydrogens (primary N) is 1. The summed E-state index contributed by atoms with van der Waals surface area (Å²) in [6.45, 7) is 3.76. The van der Waals surface area contributed by atoms with E-state index >= 15 is 0 Å². The highest BCUT2D eigenvalue weighted by Crippen LogP contribution is 2.21. The van der Waals surface area contributed by atoms with E-state index in [2.05, 4.69) is 10.3 Å². The van der Waals surface area contributed by atoms with E-state index in [1.165, 1.54) is 12.1 Å². The van der Waals surface area contributed by atoms with Gasteiger partial charge in [0.05, 0.1) is 11.9 Å². The molecule has 88 valence electrons. The predicted octanol–water partition coefficient (Wildman–Crippen LogP) is 3.16. The molecule has 0 aliphatic carbocycles. The van der Waals surface area contributed by atoms with Gasteiger partial charge in [-0.1, -0.05) is 0 Å². The van der Waals surface area contributed by atoms with E-state index in [0.29, 0.717) is 11.5 Å². The Morgan fingerprint density at radius 2 is 1.94 bits per heavy atom. The normalized spacial score (nSPS) is 10.3. The van der Waals surface area contributed by atoms with Gasteiger partial charge in [-0.2, -0.15) is 0 Å². The third kappa shape index (κ3) is 2.53. The van der Waals surface area contributed by atoms with Crippen molar-refractivity contribution in [2.75, 3.05) is 11.1 Å². The van der Waals surface area contributed by atoms with Crippen molar-refractivity contribution >= 4 is 17.2 Å². The van der Waals surface area contributed by atoms with Gasteiger partial charge in [0.15, 0.2) is 0 Å². The Kier molecular flexibility index (Phi) is 2.95. The molecule has 2 aromatic rings. The number of benzene rings is 1. The average Bonchev–Trinajstić information content (AvgIpc) is 2.27. The Morgan fingerprint density at radius 1 is 1.18 bits per heavy atom. The lowest BCUT2D eigenvalue weighted by molar-refractivity contribution is 0.627. The third-order valence-corrected chi connectivity index (χ3v) is 2.60. The molecule has 0 unspecified atom stereocenters. The molecule has 0 fully saturated rings. The minimum atomic E-state index is -0.241. The maximum Gasteiger partial charge on any atom is 0.130 e. The van der Waals surface area contributed by atoms with E-state index in [1.807, 2.05) is 19.9 Å². The van der Waals surface area contributed by atoms with Crippen molar-refractivity contribution < 1.29 is 4.39 Å². The number of nitrogens with one attached hydrogen (secondary N) is 1. The summed E-state index contributed by atoms with van der Waals surface area (Å²) >= 11 is 0. The maximum atomic E-state index is 12.9. The van der Waals surface area contributed by atoms with E-state index in [1.54, 1.807) is 12.3 Å². The van der Waals surface area contributed by atoms with Gasteiger partial charge in [-0.05, 0) is 49.2 Å². The highest BCUT2D eigenvalue weighted by molar-refractivity contribution is 5.62. The monoisotopic (exact) mass is 231 g/mol. The van der Waals surface area contributed by atoms with Crippen molar-refractivity contribution in [3.8, 4) is 0 Å². The second kappa shape index (κ2) is 4.41. The van der Waals surface area contributed by atoms with Crippen LogP contribution in [-0.4, -0.2) is 4.98 Å². The zero-order chi connectivity index (χ0) is 12.4. The van der Waals surface area contributed by atoms with Gasteiger partial charge in [0.1, 0.15) is 11.6 Å². The lowest BCUT2D eigenvalue weighted by Crippen LogP contribution is -1.98. The number of pyridine rings is 1. The van der Waals surface area contributed by atoms with E-state index < -0.39 is 0 Å². The Bertz CT molecular complexity index is 552. The van der Waals surface area contributed by atoms with Crippen LogP contribution in [0.1, 0.15) is 11.1 Å². The second-order valence-electron chi connectivity index (χ2n) is 4.01. The first-order chi connectivity index (χ1) is 8.06. The number of rotatable bonds is 2. The number of halogens is 1. The third-order valence-electron chi connectivity index (χ3n) is 2.60. The zero-order valence-corrected chi connectivity index (χ0v) is 9.79. The van der Waals surface area contributed by atoms with Crippen LogP contribution in [0.15, 0.2) is 30.5 Å².